The second kappa shape index (κ2) is 8.40. The van der Waals surface area contributed by atoms with Crippen molar-refractivity contribution in [3.8, 4) is 0 Å². The lowest BCUT2D eigenvalue weighted by molar-refractivity contribution is 0.0845. The van der Waals surface area contributed by atoms with Gasteiger partial charge in [-0.15, -0.1) is 0 Å². The van der Waals surface area contributed by atoms with Gasteiger partial charge in [0.25, 0.3) is 0 Å². The van der Waals surface area contributed by atoms with Crippen LogP contribution in [0.2, 0.25) is 0 Å². The van der Waals surface area contributed by atoms with Crippen LogP contribution in [-0.4, -0.2) is 74.8 Å². The number of hydrogen-bond acceptors (Lipinski definition) is 7. The van der Waals surface area contributed by atoms with Gasteiger partial charge in [0.1, 0.15) is 0 Å². The van der Waals surface area contributed by atoms with Gasteiger partial charge in [-0.05, 0) is 25.3 Å². The lowest BCUT2D eigenvalue weighted by atomic mass is 9.96. The first-order chi connectivity index (χ1) is 12.4. The molecule has 4 rings (SSSR count). The first-order valence-electron chi connectivity index (χ1n) is 9.45. The van der Waals surface area contributed by atoms with Crippen LogP contribution in [-0.2, 0) is 14.2 Å². The first kappa shape index (κ1) is 17.1. The summed E-state index contributed by atoms with van der Waals surface area (Å²) >= 11 is 0. The fourth-order valence-corrected chi connectivity index (χ4v) is 3.86. The van der Waals surface area contributed by atoms with E-state index in [2.05, 4.69) is 21.3 Å². The molecule has 3 saturated heterocycles. The highest BCUT2D eigenvalue weighted by Gasteiger charge is 2.27. The molecule has 0 aliphatic carbocycles. The minimum atomic E-state index is 0.280. The van der Waals surface area contributed by atoms with E-state index in [4.69, 9.17) is 19.2 Å². The number of nitrogens with zero attached hydrogens (tertiary/aromatic N) is 3. The minimum Gasteiger partial charge on any atom is -0.381 e. The molecule has 0 saturated carbocycles. The number of aromatic nitrogens is 2. The molecule has 1 aromatic rings. The summed E-state index contributed by atoms with van der Waals surface area (Å²) < 4.78 is 16.6. The highest BCUT2D eigenvalue weighted by atomic mass is 16.5. The van der Waals surface area contributed by atoms with Crippen LogP contribution in [0.5, 0.6) is 0 Å². The molecule has 7 nitrogen and oxygen atoms in total. The lowest BCUT2D eigenvalue weighted by Crippen LogP contribution is -2.44. The molecule has 0 radical (unpaired) electrons. The van der Waals surface area contributed by atoms with Gasteiger partial charge in [-0.3, -0.25) is 0 Å². The maximum atomic E-state index is 5.58. The largest absolute Gasteiger partial charge is 0.381 e. The normalized spacial score (nSPS) is 26.7. The smallest absolute Gasteiger partial charge is 0.225 e. The Morgan fingerprint density at radius 2 is 1.76 bits per heavy atom. The first-order valence-corrected chi connectivity index (χ1v) is 9.45. The Balaban J connectivity index is 1.34. The fourth-order valence-electron chi connectivity index (χ4n) is 3.86. The summed E-state index contributed by atoms with van der Waals surface area (Å²) in [7, 11) is 0. The Morgan fingerprint density at radius 1 is 0.960 bits per heavy atom. The van der Waals surface area contributed by atoms with E-state index in [9.17, 15) is 0 Å². The molecule has 4 heterocycles. The number of anilines is 1. The maximum Gasteiger partial charge on any atom is 0.225 e. The number of ether oxygens (including phenoxy) is 3. The van der Waals surface area contributed by atoms with Gasteiger partial charge in [0.15, 0.2) is 0 Å². The molecule has 0 bridgehead atoms. The Hall–Kier alpha value is -1.28. The van der Waals surface area contributed by atoms with Gasteiger partial charge in [0, 0.05) is 50.2 Å². The van der Waals surface area contributed by atoms with Gasteiger partial charge in [0.05, 0.1) is 32.5 Å². The SMILES string of the molecule is c1cc(C2CCOCC2)nc(N2CCC(NC3COCCOC3)C2)n1. The third-order valence-corrected chi connectivity index (χ3v) is 5.26. The van der Waals surface area contributed by atoms with Gasteiger partial charge in [-0.1, -0.05) is 0 Å². The Morgan fingerprint density at radius 3 is 2.56 bits per heavy atom. The highest BCUT2D eigenvalue weighted by molar-refractivity contribution is 5.33. The average Bonchev–Trinajstić information content (AvgIpc) is 2.98. The monoisotopic (exact) mass is 348 g/mol. The van der Waals surface area contributed by atoms with Crippen molar-refractivity contribution in [2.24, 2.45) is 0 Å². The van der Waals surface area contributed by atoms with Crippen molar-refractivity contribution in [3.05, 3.63) is 18.0 Å². The van der Waals surface area contributed by atoms with Crippen molar-refractivity contribution in [2.75, 3.05) is 57.6 Å². The summed E-state index contributed by atoms with van der Waals surface area (Å²) in [5, 5.41) is 3.67. The summed E-state index contributed by atoms with van der Waals surface area (Å²) in [6.07, 6.45) is 5.12. The van der Waals surface area contributed by atoms with Crippen LogP contribution in [0.3, 0.4) is 0 Å². The molecule has 0 amide bonds. The molecule has 7 heteroatoms. The topological polar surface area (TPSA) is 68.7 Å². The minimum absolute atomic E-state index is 0.280. The Labute approximate surface area is 149 Å². The summed E-state index contributed by atoms with van der Waals surface area (Å²) in [4.78, 5) is 11.7. The predicted molar refractivity (Wildman–Crippen MR) is 94.0 cm³/mol. The predicted octanol–water partition coefficient (Wildman–Crippen LogP) is 0.954. The summed E-state index contributed by atoms with van der Waals surface area (Å²) in [5.74, 6) is 1.37. The van der Waals surface area contributed by atoms with Gasteiger partial charge >= 0.3 is 0 Å². The average molecular weight is 348 g/mol. The van der Waals surface area contributed by atoms with Crippen LogP contribution < -0.4 is 10.2 Å². The van der Waals surface area contributed by atoms with Gasteiger partial charge < -0.3 is 24.4 Å². The van der Waals surface area contributed by atoms with Crippen molar-refractivity contribution < 1.29 is 14.2 Å². The van der Waals surface area contributed by atoms with E-state index in [0.717, 1.165) is 70.4 Å². The molecular formula is C18H28N4O3. The molecule has 1 atom stereocenters. The van der Waals surface area contributed by atoms with Crippen molar-refractivity contribution in [1.82, 2.24) is 15.3 Å². The second-order valence-corrected chi connectivity index (χ2v) is 7.11. The highest BCUT2D eigenvalue weighted by Crippen LogP contribution is 2.26. The van der Waals surface area contributed by atoms with Crippen molar-refractivity contribution in [2.45, 2.75) is 37.3 Å². The zero-order chi connectivity index (χ0) is 16.9. The van der Waals surface area contributed by atoms with Gasteiger partial charge in [0.2, 0.25) is 5.95 Å². The van der Waals surface area contributed by atoms with Crippen LogP contribution in [0.15, 0.2) is 12.3 Å². The van der Waals surface area contributed by atoms with E-state index < -0.39 is 0 Å². The van der Waals surface area contributed by atoms with Crippen LogP contribution in [0, 0.1) is 0 Å². The van der Waals surface area contributed by atoms with E-state index in [1.165, 1.54) is 0 Å². The Bertz CT molecular complexity index is 545. The van der Waals surface area contributed by atoms with Gasteiger partial charge in [-0.25, -0.2) is 9.97 Å². The molecule has 25 heavy (non-hydrogen) atoms. The van der Waals surface area contributed by atoms with E-state index in [-0.39, 0.29) is 6.04 Å². The molecule has 0 spiro atoms. The standard InChI is InChI=1S/C18H28N4O3/c1-5-19-18(21-17(1)14-3-7-23-8-4-14)22-6-2-15(11-22)20-16-12-24-9-10-25-13-16/h1,5,14-16,20H,2-4,6-13H2. The van der Waals surface area contributed by atoms with Crippen molar-refractivity contribution >= 4 is 5.95 Å². The van der Waals surface area contributed by atoms with E-state index in [1.807, 2.05) is 6.20 Å². The fraction of sp³-hybridized carbons (Fsp3) is 0.778. The molecule has 3 fully saturated rings. The molecule has 0 aromatic carbocycles. The van der Waals surface area contributed by atoms with E-state index >= 15 is 0 Å². The molecular weight excluding hydrogens is 320 g/mol. The van der Waals surface area contributed by atoms with Crippen LogP contribution in [0.1, 0.15) is 30.9 Å². The van der Waals surface area contributed by atoms with E-state index in [1.54, 1.807) is 0 Å². The number of nitrogens with one attached hydrogen (secondary N) is 1. The van der Waals surface area contributed by atoms with Crippen LogP contribution in [0.25, 0.3) is 0 Å². The Kier molecular flexibility index (Phi) is 5.76. The second-order valence-electron chi connectivity index (χ2n) is 7.11. The number of rotatable bonds is 4. The van der Waals surface area contributed by atoms with Crippen molar-refractivity contribution in [1.29, 1.82) is 0 Å². The lowest BCUT2D eigenvalue weighted by Gasteiger charge is -2.24. The zero-order valence-electron chi connectivity index (χ0n) is 14.7. The maximum absolute atomic E-state index is 5.58. The zero-order valence-corrected chi connectivity index (χ0v) is 14.7. The van der Waals surface area contributed by atoms with Crippen LogP contribution in [0.4, 0.5) is 5.95 Å². The third kappa shape index (κ3) is 4.47. The summed E-state index contributed by atoms with van der Waals surface area (Å²) in [6, 6.07) is 2.78. The molecule has 1 N–H and O–H groups in total. The van der Waals surface area contributed by atoms with Crippen LogP contribution >= 0.6 is 0 Å². The quantitative estimate of drug-likeness (QED) is 0.869. The molecule has 3 aliphatic heterocycles. The molecule has 1 aromatic heterocycles. The van der Waals surface area contributed by atoms with Crippen molar-refractivity contribution in [3.63, 3.8) is 0 Å². The molecule has 1 unspecified atom stereocenters. The third-order valence-electron chi connectivity index (χ3n) is 5.26. The molecule has 3 aliphatic rings. The number of hydrogen-bond donors (Lipinski definition) is 1. The summed E-state index contributed by atoms with van der Waals surface area (Å²) in [6.45, 7) is 6.45. The van der Waals surface area contributed by atoms with Gasteiger partial charge in [-0.2, -0.15) is 0 Å². The molecule has 138 valence electrons. The summed E-state index contributed by atoms with van der Waals surface area (Å²) in [5.41, 5.74) is 1.16. The van der Waals surface area contributed by atoms with E-state index in [0.29, 0.717) is 25.2 Å².